The van der Waals surface area contributed by atoms with Crippen LogP contribution in [0.3, 0.4) is 0 Å². The van der Waals surface area contributed by atoms with Gasteiger partial charge in [-0.2, -0.15) is 0 Å². The van der Waals surface area contributed by atoms with Crippen molar-refractivity contribution in [3.8, 4) is 5.75 Å². The average Bonchev–Trinajstić information content (AvgIpc) is 2.78. The number of benzene rings is 2. The fraction of sp³-hybridized carbons (Fsp3) is 0.417. The number of piperidine rings is 1. The summed E-state index contributed by atoms with van der Waals surface area (Å²) >= 11 is 0. The molecule has 6 heteroatoms. The monoisotopic (exact) mass is 409 g/mol. The van der Waals surface area contributed by atoms with Gasteiger partial charge in [0.2, 0.25) is 11.8 Å². The molecule has 0 bridgehead atoms. The van der Waals surface area contributed by atoms with Crippen molar-refractivity contribution in [3.05, 3.63) is 60.2 Å². The van der Waals surface area contributed by atoms with Crippen molar-refractivity contribution in [1.82, 2.24) is 4.90 Å². The fourth-order valence-electron chi connectivity index (χ4n) is 3.54. The van der Waals surface area contributed by atoms with Crippen molar-refractivity contribution in [2.45, 2.75) is 45.3 Å². The molecule has 2 aromatic carbocycles. The van der Waals surface area contributed by atoms with Crippen molar-refractivity contribution in [2.75, 3.05) is 18.4 Å². The van der Waals surface area contributed by atoms with Crippen LogP contribution >= 0.6 is 0 Å². The minimum atomic E-state index is -0.345. The van der Waals surface area contributed by atoms with E-state index in [9.17, 15) is 9.59 Å². The molecule has 1 aliphatic heterocycles. The molecule has 30 heavy (non-hydrogen) atoms. The van der Waals surface area contributed by atoms with Crippen molar-refractivity contribution in [3.63, 3.8) is 0 Å². The zero-order chi connectivity index (χ0) is 21.3. The van der Waals surface area contributed by atoms with Gasteiger partial charge in [0.05, 0.1) is 0 Å². The third-order valence-electron chi connectivity index (χ3n) is 5.60. The lowest BCUT2D eigenvalue weighted by Crippen LogP contribution is -2.42. The van der Waals surface area contributed by atoms with Gasteiger partial charge < -0.3 is 20.7 Å². The number of hydrogen-bond donors (Lipinski definition) is 2. The highest BCUT2D eigenvalue weighted by Crippen LogP contribution is 2.21. The molecule has 2 aromatic rings. The van der Waals surface area contributed by atoms with Gasteiger partial charge in [0, 0.05) is 37.2 Å². The molecular formula is C24H31N3O3. The lowest BCUT2D eigenvalue weighted by atomic mass is 10.0. The molecule has 3 rings (SSSR count). The van der Waals surface area contributed by atoms with E-state index in [1.165, 1.54) is 0 Å². The Hall–Kier alpha value is -3.02. The molecule has 1 unspecified atom stereocenters. The molecule has 0 spiro atoms. The highest BCUT2D eigenvalue weighted by atomic mass is 16.5. The van der Waals surface area contributed by atoms with E-state index in [-0.39, 0.29) is 17.7 Å². The van der Waals surface area contributed by atoms with Gasteiger partial charge in [0.25, 0.3) is 0 Å². The summed E-state index contributed by atoms with van der Waals surface area (Å²) < 4.78 is 5.83. The Morgan fingerprint density at radius 3 is 2.40 bits per heavy atom. The summed E-state index contributed by atoms with van der Waals surface area (Å²) in [6, 6.07) is 18.5. The molecule has 2 amide bonds. The minimum Gasteiger partial charge on any atom is -0.489 e. The molecule has 0 aliphatic carbocycles. The number of amides is 2. The first-order valence-electron chi connectivity index (χ1n) is 10.6. The number of primary amides is 1. The predicted octanol–water partition coefficient (Wildman–Crippen LogP) is 3.57. The first-order valence-corrected chi connectivity index (χ1v) is 10.6. The second-order valence-corrected chi connectivity index (χ2v) is 7.94. The Bertz CT molecular complexity index is 815. The topological polar surface area (TPSA) is 84.7 Å². The second-order valence-electron chi connectivity index (χ2n) is 7.94. The maximum Gasteiger partial charge on any atom is 0.222 e. The summed E-state index contributed by atoms with van der Waals surface area (Å²) in [4.78, 5) is 25.3. The van der Waals surface area contributed by atoms with Gasteiger partial charge in [0.1, 0.15) is 12.4 Å². The third-order valence-corrected chi connectivity index (χ3v) is 5.60. The van der Waals surface area contributed by atoms with Crippen LogP contribution in [-0.4, -0.2) is 35.8 Å². The molecule has 160 valence electrons. The molecule has 0 aromatic heterocycles. The number of anilines is 1. The van der Waals surface area contributed by atoms with E-state index < -0.39 is 0 Å². The molecule has 1 saturated heterocycles. The lowest BCUT2D eigenvalue weighted by Gasteiger charge is -2.33. The second kappa shape index (κ2) is 10.7. The van der Waals surface area contributed by atoms with Crippen molar-refractivity contribution < 1.29 is 14.3 Å². The van der Waals surface area contributed by atoms with E-state index >= 15 is 0 Å². The predicted molar refractivity (Wildman–Crippen MR) is 118 cm³/mol. The van der Waals surface area contributed by atoms with Gasteiger partial charge in [-0.3, -0.25) is 9.59 Å². The number of nitrogens with zero attached hydrogens (tertiary/aromatic N) is 1. The summed E-state index contributed by atoms with van der Waals surface area (Å²) in [5.74, 6) is 0.353. The van der Waals surface area contributed by atoms with Crippen LogP contribution < -0.4 is 15.8 Å². The number of rotatable bonds is 9. The molecule has 6 nitrogen and oxygen atoms in total. The van der Waals surface area contributed by atoms with Crippen molar-refractivity contribution >= 4 is 17.5 Å². The molecular weight excluding hydrogens is 378 g/mol. The Morgan fingerprint density at radius 1 is 1.10 bits per heavy atom. The molecule has 3 N–H and O–H groups in total. The van der Waals surface area contributed by atoms with Crippen LogP contribution in [0.4, 0.5) is 5.69 Å². The van der Waals surface area contributed by atoms with Crippen LogP contribution in [0.25, 0.3) is 0 Å². The van der Waals surface area contributed by atoms with Gasteiger partial charge >= 0.3 is 0 Å². The van der Waals surface area contributed by atoms with Crippen LogP contribution in [0.15, 0.2) is 54.6 Å². The van der Waals surface area contributed by atoms with Gasteiger partial charge in [0.15, 0.2) is 0 Å². The van der Waals surface area contributed by atoms with E-state index in [0.29, 0.717) is 25.5 Å². The third kappa shape index (κ3) is 6.51. The molecule has 0 radical (unpaired) electrons. The standard InChI is InChI=1S/C24H31N3O3/c1-18(24(25)29)7-12-23(28)27-15-13-21(14-16-27)26-20-8-10-22(11-9-20)30-17-19-5-3-2-4-6-19/h2-6,8-11,18,21,26H,7,12-17H2,1H3,(H2,25,29). The number of nitrogens with one attached hydrogen (secondary N) is 1. The Morgan fingerprint density at radius 2 is 1.77 bits per heavy atom. The van der Waals surface area contributed by atoms with Crippen molar-refractivity contribution in [2.24, 2.45) is 11.7 Å². The summed E-state index contributed by atoms with van der Waals surface area (Å²) in [5.41, 5.74) is 7.47. The summed E-state index contributed by atoms with van der Waals surface area (Å²) in [7, 11) is 0. The maximum atomic E-state index is 12.3. The molecule has 1 heterocycles. The van der Waals surface area contributed by atoms with Crippen LogP contribution in [0.1, 0.15) is 38.2 Å². The van der Waals surface area contributed by atoms with Gasteiger partial charge in [-0.15, -0.1) is 0 Å². The Balaban J connectivity index is 1.39. The van der Waals surface area contributed by atoms with Gasteiger partial charge in [-0.25, -0.2) is 0 Å². The number of ether oxygens (including phenoxy) is 1. The molecule has 0 saturated carbocycles. The number of carbonyl (C=O) groups excluding carboxylic acids is 2. The Kier molecular flexibility index (Phi) is 7.71. The largest absolute Gasteiger partial charge is 0.489 e. The molecule has 1 atom stereocenters. The summed E-state index contributed by atoms with van der Waals surface area (Å²) in [6.45, 7) is 3.79. The lowest BCUT2D eigenvalue weighted by molar-refractivity contribution is -0.132. The molecule has 1 aliphatic rings. The average molecular weight is 410 g/mol. The van der Waals surface area contributed by atoms with Crippen LogP contribution in [-0.2, 0) is 16.2 Å². The first-order chi connectivity index (χ1) is 14.5. The van der Waals surface area contributed by atoms with E-state index in [1.807, 2.05) is 59.5 Å². The van der Waals surface area contributed by atoms with E-state index in [0.717, 1.165) is 42.9 Å². The van der Waals surface area contributed by atoms with Gasteiger partial charge in [-0.05, 0) is 49.1 Å². The number of nitrogens with two attached hydrogens (primary N) is 1. The zero-order valence-electron chi connectivity index (χ0n) is 17.5. The smallest absolute Gasteiger partial charge is 0.222 e. The summed E-state index contributed by atoms with van der Waals surface area (Å²) in [5, 5.41) is 3.55. The molecule has 1 fully saturated rings. The quantitative estimate of drug-likeness (QED) is 0.663. The maximum absolute atomic E-state index is 12.3. The van der Waals surface area contributed by atoms with E-state index in [4.69, 9.17) is 10.5 Å². The first kappa shape index (κ1) is 21.7. The zero-order valence-corrected chi connectivity index (χ0v) is 17.5. The highest BCUT2D eigenvalue weighted by molar-refractivity contribution is 5.79. The van der Waals surface area contributed by atoms with E-state index in [1.54, 1.807) is 6.92 Å². The van der Waals surface area contributed by atoms with Crippen molar-refractivity contribution in [1.29, 1.82) is 0 Å². The number of hydrogen-bond acceptors (Lipinski definition) is 4. The van der Waals surface area contributed by atoms with Gasteiger partial charge in [-0.1, -0.05) is 37.3 Å². The normalized spacial score (nSPS) is 15.4. The van der Waals surface area contributed by atoms with E-state index in [2.05, 4.69) is 5.32 Å². The fourth-order valence-corrected chi connectivity index (χ4v) is 3.54. The highest BCUT2D eigenvalue weighted by Gasteiger charge is 2.23. The Labute approximate surface area is 178 Å². The van der Waals surface area contributed by atoms with Crippen LogP contribution in [0, 0.1) is 5.92 Å². The van der Waals surface area contributed by atoms with Crippen LogP contribution in [0.2, 0.25) is 0 Å². The number of carbonyl (C=O) groups is 2. The summed E-state index contributed by atoms with van der Waals surface area (Å²) in [6.07, 6.45) is 2.71. The SMILES string of the molecule is CC(CCC(=O)N1CCC(Nc2ccc(OCc3ccccc3)cc2)CC1)C(N)=O. The minimum absolute atomic E-state index is 0.112. The number of likely N-dealkylation sites (tertiary alicyclic amines) is 1. The van der Waals surface area contributed by atoms with Crippen LogP contribution in [0.5, 0.6) is 5.75 Å².